The lowest BCUT2D eigenvalue weighted by Gasteiger charge is -2.35. The minimum Gasteiger partial charge on any atom is -0.342 e. The molecule has 2 aliphatic carbocycles. The molecule has 2 heterocycles. The molecule has 0 N–H and O–H groups in total. The number of benzene rings is 1. The fourth-order valence-electron chi connectivity index (χ4n) is 4.36. The van der Waals surface area contributed by atoms with Crippen LogP contribution in [-0.2, 0) is 4.79 Å². The van der Waals surface area contributed by atoms with E-state index >= 15 is 0 Å². The van der Waals surface area contributed by atoms with Crippen molar-refractivity contribution in [3.63, 3.8) is 0 Å². The zero-order chi connectivity index (χ0) is 17.0. The maximum atomic E-state index is 13.6. The number of halogens is 1. The third kappa shape index (κ3) is 2.64. The van der Waals surface area contributed by atoms with E-state index in [9.17, 15) is 9.18 Å². The highest BCUT2D eigenvalue weighted by Gasteiger charge is 2.36. The smallest absolute Gasteiger partial charge is 0.225 e. The van der Waals surface area contributed by atoms with Crippen molar-refractivity contribution >= 4 is 16.9 Å². The van der Waals surface area contributed by atoms with E-state index in [0.717, 1.165) is 55.6 Å². The van der Waals surface area contributed by atoms with Crippen molar-refractivity contribution in [2.45, 2.75) is 56.9 Å². The molecule has 25 heavy (non-hydrogen) atoms. The maximum Gasteiger partial charge on any atom is 0.225 e. The molecule has 1 aromatic heterocycles. The molecule has 1 aromatic carbocycles. The quantitative estimate of drug-likeness (QED) is 0.846. The Kier molecular flexibility index (Phi) is 3.57. The second-order valence-corrected chi connectivity index (χ2v) is 7.93. The largest absolute Gasteiger partial charge is 0.342 e. The van der Waals surface area contributed by atoms with Crippen LogP contribution < -0.4 is 0 Å². The maximum absolute atomic E-state index is 13.6. The molecule has 0 bridgehead atoms. The molecule has 5 rings (SSSR count). The molecule has 0 unspecified atom stereocenters. The van der Waals surface area contributed by atoms with E-state index < -0.39 is 0 Å². The molecular weight excluding hydrogens is 317 g/mol. The van der Waals surface area contributed by atoms with E-state index in [4.69, 9.17) is 4.98 Å². The summed E-state index contributed by atoms with van der Waals surface area (Å²) in [5.74, 6) is 2.09. The minimum atomic E-state index is -0.220. The van der Waals surface area contributed by atoms with Crippen LogP contribution in [0.15, 0.2) is 18.2 Å². The molecule has 2 saturated carbocycles. The van der Waals surface area contributed by atoms with Gasteiger partial charge in [-0.3, -0.25) is 4.79 Å². The molecule has 0 atom stereocenters. The first-order valence-corrected chi connectivity index (χ1v) is 9.67. The highest BCUT2D eigenvalue weighted by Crippen LogP contribution is 2.40. The SMILES string of the molecule is O=C(C1CC1)N1CCC(n2c(C3CCC3)nc3cc(F)ccc32)CC1. The molecule has 4 nitrogen and oxygen atoms in total. The number of hydrogen-bond acceptors (Lipinski definition) is 2. The summed E-state index contributed by atoms with van der Waals surface area (Å²) in [5.41, 5.74) is 1.83. The van der Waals surface area contributed by atoms with E-state index in [2.05, 4.69) is 9.47 Å². The van der Waals surface area contributed by atoms with Gasteiger partial charge in [0.1, 0.15) is 11.6 Å². The first kappa shape index (κ1) is 15.4. The van der Waals surface area contributed by atoms with Gasteiger partial charge < -0.3 is 9.47 Å². The fourth-order valence-corrected chi connectivity index (χ4v) is 4.36. The topological polar surface area (TPSA) is 38.1 Å². The number of likely N-dealkylation sites (tertiary alicyclic amines) is 1. The molecular formula is C20H24FN3O. The molecule has 0 radical (unpaired) electrons. The van der Waals surface area contributed by atoms with E-state index in [1.54, 1.807) is 6.07 Å². The molecule has 1 amide bonds. The van der Waals surface area contributed by atoms with E-state index in [1.165, 1.54) is 25.3 Å². The van der Waals surface area contributed by atoms with E-state index in [1.807, 2.05) is 6.07 Å². The molecule has 132 valence electrons. The van der Waals surface area contributed by atoms with E-state index in [0.29, 0.717) is 23.8 Å². The molecule has 5 heteroatoms. The second-order valence-electron chi connectivity index (χ2n) is 7.93. The van der Waals surface area contributed by atoms with E-state index in [-0.39, 0.29) is 5.82 Å². The number of nitrogens with zero attached hydrogens (tertiary/aromatic N) is 3. The summed E-state index contributed by atoms with van der Waals surface area (Å²) in [6.45, 7) is 1.68. The van der Waals surface area contributed by atoms with Gasteiger partial charge in [-0.1, -0.05) is 6.42 Å². The lowest BCUT2D eigenvalue weighted by atomic mass is 9.84. The second kappa shape index (κ2) is 5.82. The zero-order valence-electron chi connectivity index (χ0n) is 14.5. The first-order chi connectivity index (χ1) is 12.2. The minimum absolute atomic E-state index is 0.220. The van der Waals surface area contributed by atoms with Crippen molar-refractivity contribution in [2.75, 3.05) is 13.1 Å². The van der Waals surface area contributed by atoms with Gasteiger partial charge in [0.05, 0.1) is 11.0 Å². The van der Waals surface area contributed by atoms with Crippen LogP contribution in [0.4, 0.5) is 4.39 Å². The molecule has 2 aromatic rings. The third-order valence-corrected chi connectivity index (χ3v) is 6.22. The number of fused-ring (bicyclic) bond motifs is 1. The van der Waals surface area contributed by atoms with Gasteiger partial charge in [-0.25, -0.2) is 9.37 Å². The predicted molar refractivity (Wildman–Crippen MR) is 93.9 cm³/mol. The summed E-state index contributed by atoms with van der Waals surface area (Å²) in [6.07, 6.45) is 7.72. The standard InChI is InChI=1S/C20H24FN3O/c21-15-6-7-18-17(12-15)22-19(13-2-1-3-13)24(18)16-8-10-23(11-9-16)20(25)14-4-5-14/h6-7,12-14,16H,1-5,8-11H2. The lowest BCUT2D eigenvalue weighted by molar-refractivity contribution is -0.133. The lowest BCUT2D eigenvalue weighted by Crippen LogP contribution is -2.40. The highest BCUT2D eigenvalue weighted by molar-refractivity contribution is 5.81. The molecule has 0 spiro atoms. The summed E-state index contributed by atoms with van der Waals surface area (Å²) in [4.78, 5) is 19.2. The van der Waals surface area contributed by atoms with Crippen LogP contribution in [0.5, 0.6) is 0 Å². The van der Waals surface area contributed by atoms with Crippen LogP contribution in [0.25, 0.3) is 11.0 Å². The average Bonchev–Trinajstić information content (AvgIpc) is 3.35. The Bertz CT molecular complexity index is 814. The van der Waals surface area contributed by atoms with Gasteiger partial charge in [0.2, 0.25) is 5.91 Å². The average molecular weight is 341 g/mol. The Morgan fingerprint density at radius 3 is 2.48 bits per heavy atom. The van der Waals surface area contributed by atoms with Crippen LogP contribution in [0.3, 0.4) is 0 Å². The van der Waals surface area contributed by atoms with Gasteiger partial charge >= 0.3 is 0 Å². The van der Waals surface area contributed by atoms with Crippen LogP contribution in [-0.4, -0.2) is 33.4 Å². The number of carbonyl (C=O) groups is 1. The van der Waals surface area contributed by atoms with Gasteiger partial charge in [0, 0.05) is 37.0 Å². The van der Waals surface area contributed by atoms with Gasteiger partial charge in [0.15, 0.2) is 0 Å². The normalized spacial score (nSPS) is 22.4. The van der Waals surface area contributed by atoms with Crippen molar-refractivity contribution in [2.24, 2.45) is 5.92 Å². The summed E-state index contributed by atoms with van der Waals surface area (Å²) < 4.78 is 16.0. The number of piperidine rings is 1. The number of amides is 1. The van der Waals surface area contributed by atoms with Crippen molar-refractivity contribution in [3.05, 3.63) is 29.8 Å². The first-order valence-electron chi connectivity index (χ1n) is 9.67. The predicted octanol–water partition coefficient (Wildman–Crippen LogP) is 4.02. The highest BCUT2D eigenvalue weighted by atomic mass is 19.1. The van der Waals surface area contributed by atoms with Crippen molar-refractivity contribution < 1.29 is 9.18 Å². The van der Waals surface area contributed by atoms with Crippen LogP contribution in [0.2, 0.25) is 0 Å². The number of carbonyl (C=O) groups excluding carboxylic acids is 1. The Hall–Kier alpha value is -1.91. The van der Waals surface area contributed by atoms with Crippen molar-refractivity contribution in [1.29, 1.82) is 0 Å². The molecule has 3 aliphatic rings. The number of rotatable bonds is 3. The molecule has 1 aliphatic heterocycles. The Balaban J connectivity index is 1.44. The fraction of sp³-hybridized carbons (Fsp3) is 0.600. The third-order valence-electron chi connectivity index (χ3n) is 6.22. The Labute approximate surface area is 147 Å². The molecule has 3 fully saturated rings. The number of aromatic nitrogens is 2. The number of imidazole rings is 1. The van der Waals surface area contributed by atoms with Gasteiger partial charge in [0.25, 0.3) is 0 Å². The van der Waals surface area contributed by atoms with Crippen LogP contribution >= 0.6 is 0 Å². The summed E-state index contributed by atoms with van der Waals surface area (Å²) in [5, 5.41) is 0. The Morgan fingerprint density at radius 1 is 1.08 bits per heavy atom. The zero-order valence-corrected chi connectivity index (χ0v) is 14.5. The molecule has 1 saturated heterocycles. The van der Waals surface area contributed by atoms with Crippen LogP contribution in [0, 0.1) is 11.7 Å². The summed E-state index contributed by atoms with van der Waals surface area (Å²) in [6, 6.07) is 5.34. The van der Waals surface area contributed by atoms with Gasteiger partial charge in [-0.2, -0.15) is 0 Å². The van der Waals surface area contributed by atoms with Gasteiger partial charge in [-0.05, 0) is 50.7 Å². The van der Waals surface area contributed by atoms with Crippen molar-refractivity contribution in [3.8, 4) is 0 Å². The van der Waals surface area contributed by atoms with Crippen molar-refractivity contribution in [1.82, 2.24) is 14.5 Å². The monoisotopic (exact) mass is 341 g/mol. The van der Waals surface area contributed by atoms with Crippen LogP contribution in [0.1, 0.15) is 62.7 Å². The summed E-state index contributed by atoms with van der Waals surface area (Å²) >= 11 is 0. The van der Waals surface area contributed by atoms with Gasteiger partial charge in [-0.15, -0.1) is 0 Å². The Morgan fingerprint density at radius 2 is 1.84 bits per heavy atom. The number of hydrogen-bond donors (Lipinski definition) is 0. The summed E-state index contributed by atoms with van der Waals surface area (Å²) in [7, 11) is 0.